The number of aliphatic imine (C=N–C) groups is 1. The highest BCUT2D eigenvalue weighted by atomic mass is 127. The van der Waals surface area contributed by atoms with Crippen molar-refractivity contribution in [1.82, 2.24) is 15.2 Å². The van der Waals surface area contributed by atoms with Crippen LogP contribution in [0.15, 0.2) is 34.6 Å². The quantitative estimate of drug-likeness (QED) is 0.337. The van der Waals surface area contributed by atoms with Gasteiger partial charge in [-0.2, -0.15) is 0 Å². The molecule has 0 atom stereocenters. The van der Waals surface area contributed by atoms with Gasteiger partial charge in [0, 0.05) is 51.1 Å². The number of benzene rings is 1. The highest BCUT2D eigenvalue weighted by Gasteiger charge is 2.21. The van der Waals surface area contributed by atoms with Crippen molar-refractivity contribution in [2.24, 2.45) is 4.99 Å². The minimum atomic E-state index is 0. The second kappa shape index (κ2) is 12.2. The van der Waals surface area contributed by atoms with Gasteiger partial charge in [0.15, 0.2) is 5.96 Å². The standard InChI is InChI=1S/C21H31N5OS.HI/c1-4-20-24-17(16-28-20)10-11-23-21(22-5-2)26-14-12-25(13-15-26)18-8-6-7-9-19(18)27-3;/h6-9,16H,4-5,10-15H2,1-3H3,(H,22,23);1H. The highest BCUT2D eigenvalue weighted by Crippen LogP contribution is 2.28. The Morgan fingerprint density at radius 1 is 1.21 bits per heavy atom. The van der Waals surface area contributed by atoms with Gasteiger partial charge in [0.25, 0.3) is 0 Å². The average molecular weight is 529 g/mol. The third-order valence-electron chi connectivity index (χ3n) is 4.87. The van der Waals surface area contributed by atoms with Gasteiger partial charge >= 0.3 is 0 Å². The molecule has 1 aromatic heterocycles. The van der Waals surface area contributed by atoms with Crippen LogP contribution < -0.4 is 15.0 Å². The number of ether oxygens (including phenoxy) is 1. The molecule has 1 saturated heterocycles. The number of hydrogen-bond donors (Lipinski definition) is 1. The van der Waals surface area contributed by atoms with Crippen LogP contribution in [0.25, 0.3) is 0 Å². The van der Waals surface area contributed by atoms with Crippen molar-refractivity contribution in [3.05, 3.63) is 40.3 Å². The van der Waals surface area contributed by atoms with Gasteiger partial charge in [-0.25, -0.2) is 4.98 Å². The van der Waals surface area contributed by atoms with Gasteiger partial charge in [0.2, 0.25) is 0 Å². The SMILES string of the molecule is CCNC(=NCCc1csc(CC)n1)N1CCN(c2ccccc2OC)CC1.I. The molecule has 0 radical (unpaired) electrons. The molecule has 160 valence electrons. The van der Waals surface area contributed by atoms with E-state index in [2.05, 4.69) is 51.5 Å². The Hall–Kier alpha value is -1.55. The van der Waals surface area contributed by atoms with E-state index in [-0.39, 0.29) is 24.0 Å². The van der Waals surface area contributed by atoms with Gasteiger partial charge in [-0.15, -0.1) is 35.3 Å². The Balaban J connectivity index is 0.00000300. The maximum Gasteiger partial charge on any atom is 0.194 e. The summed E-state index contributed by atoms with van der Waals surface area (Å²) in [4.78, 5) is 14.2. The van der Waals surface area contributed by atoms with Gasteiger partial charge < -0.3 is 19.9 Å². The predicted molar refractivity (Wildman–Crippen MR) is 133 cm³/mol. The molecule has 6 nitrogen and oxygen atoms in total. The Bertz CT molecular complexity index is 774. The summed E-state index contributed by atoms with van der Waals surface area (Å²) in [6.45, 7) is 9.71. The van der Waals surface area contributed by atoms with E-state index in [1.54, 1.807) is 18.4 Å². The lowest BCUT2D eigenvalue weighted by Gasteiger charge is -2.38. The molecule has 1 aromatic carbocycles. The van der Waals surface area contributed by atoms with E-state index < -0.39 is 0 Å². The molecule has 1 N–H and O–H groups in total. The molecule has 0 bridgehead atoms. The van der Waals surface area contributed by atoms with Crippen LogP contribution in [-0.4, -0.2) is 62.2 Å². The normalized spacial score (nSPS) is 14.5. The minimum Gasteiger partial charge on any atom is -0.495 e. The number of methoxy groups -OCH3 is 1. The Kier molecular flexibility index (Phi) is 9.99. The first-order chi connectivity index (χ1) is 13.7. The van der Waals surface area contributed by atoms with Crippen LogP contribution in [-0.2, 0) is 12.8 Å². The molecule has 3 rings (SSSR count). The number of aryl methyl sites for hydroxylation is 1. The number of para-hydroxylation sites is 2. The number of piperazine rings is 1. The van der Waals surface area contributed by atoms with Crippen LogP contribution >= 0.6 is 35.3 Å². The molecule has 0 amide bonds. The molecule has 0 spiro atoms. The minimum absolute atomic E-state index is 0. The lowest BCUT2D eigenvalue weighted by molar-refractivity contribution is 0.367. The summed E-state index contributed by atoms with van der Waals surface area (Å²) in [6, 6.07) is 8.24. The smallest absolute Gasteiger partial charge is 0.194 e. The molecule has 0 saturated carbocycles. The number of halogens is 1. The topological polar surface area (TPSA) is 53.0 Å². The highest BCUT2D eigenvalue weighted by molar-refractivity contribution is 14.0. The predicted octanol–water partition coefficient (Wildman–Crippen LogP) is 3.66. The number of rotatable bonds is 7. The average Bonchev–Trinajstić information content (AvgIpc) is 3.21. The Morgan fingerprint density at radius 3 is 2.62 bits per heavy atom. The van der Waals surface area contributed by atoms with E-state index in [1.807, 2.05) is 12.1 Å². The van der Waals surface area contributed by atoms with E-state index in [0.717, 1.165) is 69.5 Å². The van der Waals surface area contributed by atoms with Crippen LogP contribution in [0.5, 0.6) is 5.75 Å². The Labute approximate surface area is 195 Å². The molecule has 0 aliphatic carbocycles. The molecule has 8 heteroatoms. The molecule has 29 heavy (non-hydrogen) atoms. The van der Waals surface area contributed by atoms with Crippen molar-refractivity contribution in [3.8, 4) is 5.75 Å². The van der Waals surface area contributed by atoms with Crippen LogP contribution in [0.4, 0.5) is 5.69 Å². The molecule has 0 unspecified atom stereocenters. The largest absolute Gasteiger partial charge is 0.495 e. The van der Waals surface area contributed by atoms with Gasteiger partial charge in [-0.1, -0.05) is 19.1 Å². The van der Waals surface area contributed by atoms with Gasteiger partial charge in [-0.3, -0.25) is 4.99 Å². The van der Waals surface area contributed by atoms with E-state index in [9.17, 15) is 0 Å². The monoisotopic (exact) mass is 529 g/mol. The summed E-state index contributed by atoms with van der Waals surface area (Å²) >= 11 is 1.75. The lowest BCUT2D eigenvalue weighted by atomic mass is 10.2. The second-order valence-electron chi connectivity index (χ2n) is 6.72. The summed E-state index contributed by atoms with van der Waals surface area (Å²) in [5.74, 6) is 1.94. The first-order valence-corrected chi connectivity index (χ1v) is 11.0. The van der Waals surface area contributed by atoms with Gasteiger partial charge in [0.1, 0.15) is 5.75 Å². The number of hydrogen-bond acceptors (Lipinski definition) is 5. The summed E-state index contributed by atoms with van der Waals surface area (Å²) in [7, 11) is 1.73. The third kappa shape index (κ3) is 6.47. The summed E-state index contributed by atoms with van der Waals surface area (Å²) in [5, 5.41) is 6.81. The Morgan fingerprint density at radius 2 is 1.97 bits per heavy atom. The zero-order chi connectivity index (χ0) is 19.8. The lowest BCUT2D eigenvalue weighted by Crippen LogP contribution is -2.52. The number of guanidine groups is 1. The number of aromatic nitrogens is 1. The maximum absolute atomic E-state index is 5.52. The first kappa shape index (κ1) is 23.7. The van der Waals surface area contributed by atoms with E-state index >= 15 is 0 Å². The number of nitrogens with one attached hydrogen (secondary N) is 1. The van der Waals surface area contributed by atoms with Crippen molar-refractivity contribution >= 4 is 47.0 Å². The van der Waals surface area contributed by atoms with E-state index in [1.165, 1.54) is 10.7 Å². The molecular weight excluding hydrogens is 497 g/mol. The molecule has 1 fully saturated rings. The molecular formula is C21H32IN5OS. The fourth-order valence-electron chi connectivity index (χ4n) is 3.38. The molecule has 1 aliphatic rings. The summed E-state index contributed by atoms with van der Waals surface area (Å²) in [6.07, 6.45) is 1.90. The number of thiazole rings is 1. The molecule has 2 aromatic rings. The zero-order valence-electron chi connectivity index (χ0n) is 17.6. The number of nitrogens with zero attached hydrogens (tertiary/aromatic N) is 4. The first-order valence-electron chi connectivity index (χ1n) is 10.1. The van der Waals surface area contributed by atoms with Crippen molar-refractivity contribution in [3.63, 3.8) is 0 Å². The van der Waals surface area contributed by atoms with E-state index in [0.29, 0.717) is 0 Å². The van der Waals surface area contributed by atoms with Gasteiger partial charge in [-0.05, 0) is 25.5 Å². The third-order valence-corrected chi connectivity index (χ3v) is 5.91. The van der Waals surface area contributed by atoms with Crippen LogP contribution in [0.2, 0.25) is 0 Å². The molecule has 1 aliphatic heterocycles. The van der Waals surface area contributed by atoms with Crippen molar-refractivity contribution in [2.75, 3.05) is 51.3 Å². The summed E-state index contributed by atoms with van der Waals surface area (Å²) < 4.78 is 5.52. The van der Waals surface area contributed by atoms with E-state index in [4.69, 9.17) is 9.73 Å². The van der Waals surface area contributed by atoms with Crippen molar-refractivity contribution in [1.29, 1.82) is 0 Å². The number of anilines is 1. The fraction of sp³-hybridized carbons (Fsp3) is 0.524. The second-order valence-corrected chi connectivity index (χ2v) is 7.66. The zero-order valence-corrected chi connectivity index (χ0v) is 20.7. The van der Waals surface area contributed by atoms with Gasteiger partial charge in [0.05, 0.1) is 23.5 Å². The maximum atomic E-state index is 5.52. The molecule has 2 heterocycles. The van der Waals surface area contributed by atoms with Crippen molar-refractivity contribution in [2.45, 2.75) is 26.7 Å². The van der Waals surface area contributed by atoms with Crippen molar-refractivity contribution < 1.29 is 4.74 Å². The van der Waals surface area contributed by atoms with Crippen LogP contribution in [0.1, 0.15) is 24.5 Å². The van der Waals surface area contributed by atoms with Crippen LogP contribution in [0.3, 0.4) is 0 Å². The summed E-state index contributed by atoms with van der Waals surface area (Å²) in [5.41, 5.74) is 2.32. The fourth-order valence-corrected chi connectivity index (χ4v) is 4.16. The van der Waals surface area contributed by atoms with Crippen LogP contribution in [0, 0.1) is 0 Å².